The molecule has 1 aliphatic carbocycles. The third-order valence-electron chi connectivity index (χ3n) is 3.50. The summed E-state index contributed by atoms with van der Waals surface area (Å²) < 4.78 is 24.2. The number of aryl methyl sites for hydroxylation is 2. The Bertz CT molecular complexity index is 568. The van der Waals surface area contributed by atoms with Crippen LogP contribution in [0, 0.1) is 0 Å². The molecule has 0 radical (unpaired) electrons. The van der Waals surface area contributed by atoms with Gasteiger partial charge in [-0.15, -0.1) is 11.3 Å². The third-order valence-corrected chi connectivity index (χ3v) is 5.46. The van der Waals surface area contributed by atoms with Crippen LogP contribution in [-0.4, -0.2) is 33.7 Å². The van der Waals surface area contributed by atoms with Crippen LogP contribution in [0.25, 0.3) is 0 Å². The molecule has 2 rings (SSSR count). The first-order valence-corrected chi connectivity index (χ1v) is 10.0. The molecule has 0 aromatic carbocycles. The molecule has 2 N–H and O–H groups in total. The van der Waals surface area contributed by atoms with Crippen LogP contribution in [0.4, 0.5) is 0 Å². The Morgan fingerprint density at radius 1 is 1.19 bits per heavy atom. The van der Waals surface area contributed by atoms with Crippen LogP contribution in [0.2, 0.25) is 0 Å². The largest absolute Gasteiger partial charge is 0.350 e. The molecule has 21 heavy (non-hydrogen) atoms. The van der Waals surface area contributed by atoms with Gasteiger partial charge in [0, 0.05) is 18.0 Å². The molecule has 0 spiro atoms. The van der Waals surface area contributed by atoms with E-state index in [0.29, 0.717) is 6.54 Å². The molecule has 5 nitrogen and oxygen atoms in total. The number of carbonyl (C=O) groups is 1. The van der Waals surface area contributed by atoms with Gasteiger partial charge in [-0.1, -0.05) is 12.8 Å². The minimum Gasteiger partial charge on any atom is -0.350 e. The van der Waals surface area contributed by atoms with Gasteiger partial charge < -0.3 is 5.32 Å². The number of hydrogen-bond donors (Lipinski definition) is 2. The highest BCUT2D eigenvalue weighted by Gasteiger charge is 2.15. The van der Waals surface area contributed by atoms with Crippen LogP contribution < -0.4 is 10.0 Å². The van der Waals surface area contributed by atoms with Gasteiger partial charge in [0.25, 0.3) is 5.91 Å². The lowest BCUT2D eigenvalue weighted by Gasteiger charge is -2.07. The van der Waals surface area contributed by atoms with Crippen molar-refractivity contribution in [3.63, 3.8) is 0 Å². The Labute approximate surface area is 130 Å². The van der Waals surface area contributed by atoms with Crippen LogP contribution in [0.1, 0.15) is 45.8 Å². The van der Waals surface area contributed by atoms with Crippen LogP contribution in [0.5, 0.6) is 0 Å². The van der Waals surface area contributed by atoms with Crippen molar-refractivity contribution >= 4 is 27.3 Å². The number of thiophene rings is 1. The molecule has 0 saturated heterocycles. The van der Waals surface area contributed by atoms with E-state index < -0.39 is 10.0 Å². The first-order valence-electron chi connectivity index (χ1n) is 7.30. The van der Waals surface area contributed by atoms with Crippen molar-refractivity contribution in [2.45, 2.75) is 38.5 Å². The van der Waals surface area contributed by atoms with Crippen LogP contribution in [0.3, 0.4) is 0 Å². The molecule has 0 fully saturated rings. The molecule has 1 heterocycles. The molecular weight excluding hydrogens is 308 g/mol. The topological polar surface area (TPSA) is 75.3 Å². The zero-order valence-corrected chi connectivity index (χ0v) is 13.9. The lowest BCUT2D eigenvalue weighted by atomic mass is 10.00. The SMILES string of the molecule is CS(=O)(=O)NCCNC(=O)c1cc2c(s1)CCCCCC2. The van der Waals surface area contributed by atoms with Crippen molar-refractivity contribution in [2.75, 3.05) is 19.3 Å². The summed E-state index contributed by atoms with van der Waals surface area (Å²) in [5.74, 6) is -0.109. The fourth-order valence-corrected chi connectivity index (χ4v) is 4.10. The van der Waals surface area contributed by atoms with E-state index >= 15 is 0 Å². The van der Waals surface area contributed by atoms with E-state index in [2.05, 4.69) is 10.0 Å². The highest BCUT2D eigenvalue weighted by molar-refractivity contribution is 7.88. The van der Waals surface area contributed by atoms with Crippen LogP contribution >= 0.6 is 11.3 Å². The smallest absolute Gasteiger partial charge is 0.261 e. The fourth-order valence-electron chi connectivity index (χ4n) is 2.46. The van der Waals surface area contributed by atoms with Gasteiger partial charge in [-0.05, 0) is 37.3 Å². The second-order valence-electron chi connectivity index (χ2n) is 5.40. The third kappa shape index (κ3) is 5.41. The maximum Gasteiger partial charge on any atom is 0.261 e. The van der Waals surface area contributed by atoms with Gasteiger partial charge in [-0.25, -0.2) is 13.1 Å². The Morgan fingerprint density at radius 3 is 2.62 bits per heavy atom. The summed E-state index contributed by atoms with van der Waals surface area (Å²) in [6.07, 6.45) is 8.19. The van der Waals surface area contributed by atoms with E-state index in [1.54, 1.807) is 11.3 Å². The molecule has 0 aliphatic heterocycles. The first kappa shape index (κ1) is 16.5. The van der Waals surface area contributed by atoms with Crippen molar-refractivity contribution in [1.82, 2.24) is 10.0 Å². The van der Waals surface area contributed by atoms with E-state index in [-0.39, 0.29) is 12.5 Å². The summed E-state index contributed by atoms with van der Waals surface area (Å²) in [5.41, 5.74) is 1.32. The Hall–Kier alpha value is -0.920. The van der Waals surface area contributed by atoms with Crippen molar-refractivity contribution in [2.24, 2.45) is 0 Å². The Morgan fingerprint density at radius 2 is 1.90 bits per heavy atom. The zero-order valence-electron chi connectivity index (χ0n) is 12.3. The first-order chi connectivity index (χ1) is 9.96. The Balaban J connectivity index is 1.89. The lowest BCUT2D eigenvalue weighted by molar-refractivity contribution is 0.0958. The average molecular weight is 330 g/mol. The molecule has 1 aromatic heterocycles. The number of sulfonamides is 1. The van der Waals surface area contributed by atoms with Crippen molar-refractivity contribution < 1.29 is 13.2 Å². The number of amides is 1. The summed E-state index contributed by atoms with van der Waals surface area (Å²) in [6.45, 7) is 0.518. The number of fused-ring (bicyclic) bond motifs is 1. The summed E-state index contributed by atoms with van der Waals surface area (Å²) in [5, 5.41) is 2.76. The predicted octanol–water partition coefficient (Wildman–Crippen LogP) is 1.69. The van der Waals surface area contributed by atoms with E-state index in [0.717, 1.165) is 24.0 Å². The van der Waals surface area contributed by atoms with Gasteiger partial charge in [-0.2, -0.15) is 0 Å². The molecule has 7 heteroatoms. The Kier molecular flexibility index (Phi) is 5.78. The van der Waals surface area contributed by atoms with Crippen molar-refractivity contribution in [3.8, 4) is 0 Å². The second-order valence-corrected chi connectivity index (χ2v) is 8.37. The molecule has 0 bridgehead atoms. The van der Waals surface area contributed by atoms with Gasteiger partial charge in [-0.3, -0.25) is 4.79 Å². The molecule has 1 aliphatic rings. The molecule has 0 saturated carbocycles. The molecular formula is C14H22N2O3S2. The monoisotopic (exact) mass is 330 g/mol. The maximum absolute atomic E-state index is 12.1. The zero-order chi connectivity index (χ0) is 15.3. The van der Waals surface area contributed by atoms with Crippen LogP contribution in [0.15, 0.2) is 6.07 Å². The van der Waals surface area contributed by atoms with E-state index in [1.165, 1.54) is 36.1 Å². The normalized spacial score (nSPS) is 15.9. The van der Waals surface area contributed by atoms with Crippen LogP contribution in [-0.2, 0) is 22.9 Å². The van der Waals surface area contributed by atoms with Crippen molar-refractivity contribution in [3.05, 3.63) is 21.4 Å². The van der Waals surface area contributed by atoms with Gasteiger partial charge >= 0.3 is 0 Å². The summed E-state index contributed by atoms with van der Waals surface area (Å²) in [4.78, 5) is 14.2. The van der Waals surface area contributed by atoms with E-state index in [1.807, 2.05) is 6.07 Å². The molecule has 1 amide bonds. The average Bonchev–Trinajstić information content (AvgIpc) is 2.76. The number of carbonyl (C=O) groups excluding carboxylic acids is 1. The van der Waals surface area contributed by atoms with Crippen molar-refractivity contribution in [1.29, 1.82) is 0 Å². The summed E-state index contributed by atoms with van der Waals surface area (Å²) >= 11 is 1.58. The minimum atomic E-state index is -3.20. The highest BCUT2D eigenvalue weighted by Crippen LogP contribution is 2.28. The summed E-state index contributed by atoms with van der Waals surface area (Å²) in [6, 6.07) is 2.00. The minimum absolute atomic E-state index is 0.109. The fraction of sp³-hybridized carbons (Fsp3) is 0.643. The molecule has 118 valence electrons. The molecule has 1 aromatic rings. The maximum atomic E-state index is 12.1. The quantitative estimate of drug-likeness (QED) is 0.807. The van der Waals surface area contributed by atoms with Gasteiger partial charge in [0.1, 0.15) is 0 Å². The second kappa shape index (κ2) is 7.38. The van der Waals surface area contributed by atoms with Gasteiger partial charge in [0.2, 0.25) is 10.0 Å². The number of rotatable bonds is 5. The predicted molar refractivity (Wildman–Crippen MR) is 85.4 cm³/mol. The van der Waals surface area contributed by atoms with E-state index in [4.69, 9.17) is 0 Å². The molecule has 0 atom stereocenters. The van der Waals surface area contributed by atoms with E-state index in [9.17, 15) is 13.2 Å². The standard InChI is InChI=1S/C14H22N2O3S2/c1-21(18,19)16-9-8-15-14(17)13-10-11-6-4-2-3-5-7-12(11)20-13/h10,16H,2-9H2,1H3,(H,15,17). The van der Waals surface area contributed by atoms with Gasteiger partial charge in [0.05, 0.1) is 11.1 Å². The lowest BCUT2D eigenvalue weighted by Crippen LogP contribution is -2.33. The number of hydrogen-bond acceptors (Lipinski definition) is 4. The number of nitrogens with one attached hydrogen (secondary N) is 2. The van der Waals surface area contributed by atoms with Gasteiger partial charge in [0.15, 0.2) is 0 Å². The summed E-state index contributed by atoms with van der Waals surface area (Å²) in [7, 11) is -3.20. The highest BCUT2D eigenvalue weighted by atomic mass is 32.2. The molecule has 0 unspecified atom stereocenters.